The Morgan fingerprint density at radius 3 is 2.70 bits per heavy atom. The number of pyridine rings is 1. The van der Waals surface area contributed by atoms with E-state index in [2.05, 4.69) is 15.0 Å². The molecule has 7 heteroatoms. The molecule has 0 bridgehead atoms. The van der Waals surface area contributed by atoms with E-state index in [0.29, 0.717) is 17.2 Å². The first-order valence-electron chi connectivity index (χ1n) is 6.04. The zero-order valence-electron chi connectivity index (χ0n) is 11.3. The van der Waals surface area contributed by atoms with Gasteiger partial charge in [0.05, 0.1) is 5.56 Å². The minimum Gasteiger partial charge on any atom is -0.469 e. The van der Waals surface area contributed by atoms with Gasteiger partial charge in [-0.3, -0.25) is 0 Å². The minimum absolute atomic E-state index is 0.217. The van der Waals surface area contributed by atoms with Crippen molar-refractivity contribution < 1.29 is 4.74 Å². The third kappa shape index (κ3) is 2.66. The molecule has 104 valence electrons. The smallest absolute Gasteiger partial charge is 0.228 e. The Hall–Kier alpha value is -2.70. The first kappa shape index (κ1) is 13.7. The molecular formula is C13H16N6O. The highest BCUT2D eigenvalue weighted by Gasteiger charge is 2.16. The molecule has 7 nitrogen and oxygen atoms in total. The van der Waals surface area contributed by atoms with Gasteiger partial charge in [-0.1, -0.05) is 6.07 Å². The molecule has 0 aliphatic rings. The summed E-state index contributed by atoms with van der Waals surface area (Å²) in [5, 5.41) is 7.38. The molecule has 0 saturated heterocycles. The highest BCUT2D eigenvalue weighted by molar-refractivity contribution is 5.86. The maximum absolute atomic E-state index is 7.38. The summed E-state index contributed by atoms with van der Waals surface area (Å²) in [7, 11) is 0. The van der Waals surface area contributed by atoms with Crippen LogP contribution in [0, 0.1) is 12.3 Å². The van der Waals surface area contributed by atoms with Crippen LogP contribution in [0.15, 0.2) is 18.3 Å². The Labute approximate surface area is 116 Å². The van der Waals surface area contributed by atoms with Crippen molar-refractivity contribution in [3.05, 3.63) is 35.3 Å². The van der Waals surface area contributed by atoms with Crippen molar-refractivity contribution >= 4 is 17.9 Å². The van der Waals surface area contributed by atoms with E-state index in [-0.39, 0.29) is 17.8 Å². The molecule has 0 aromatic carbocycles. The van der Waals surface area contributed by atoms with E-state index in [1.54, 1.807) is 19.2 Å². The Kier molecular flexibility index (Phi) is 3.79. The van der Waals surface area contributed by atoms with Gasteiger partial charge < -0.3 is 21.6 Å². The molecule has 0 unspecified atom stereocenters. The van der Waals surface area contributed by atoms with Crippen LogP contribution in [0.3, 0.4) is 0 Å². The molecule has 5 N–H and O–H groups in total. The summed E-state index contributed by atoms with van der Waals surface area (Å²) in [6.07, 6.45) is 2.32. The van der Waals surface area contributed by atoms with Crippen LogP contribution in [0.2, 0.25) is 0 Å². The zero-order valence-corrected chi connectivity index (χ0v) is 11.3. The summed E-state index contributed by atoms with van der Waals surface area (Å²) in [6, 6.07) is 3.61. The van der Waals surface area contributed by atoms with Crippen LogP contribution < -0.4 is 16.2 Å². The number of nitrogens with two attached hydrogens (primary N) is 2. The van der Waals surface area contributed by atoms with Gasteiger partial charge in [-0.25, -0.2) is 9.97 Å². The Morgan fingerprint density at radius 2 is 2.05 bits per heavy atom. The van der Waals surface area contributed by atoms with Gasteiger partial charge in [-0.05, 0) is 19.9 Å². The van der Waals surface area contributed by atoms with Crippen LogP contribution in [-0.4, -0.2) is 21.2 Å². The SMILES string of the molecule is Cc1nc(N)c(C=N)c(O[C@@H](C)c2cccnc2N)n1. The molecule has 0 fully saturated rings. The number of nitrogen functional groups attached to an aromatic ring is 2. The van der Waals surface area contributed by atoms with Crippen molar-refractivity contribution in [1.82, 2.24) is 15.0 Å². The molecule has 0 spiro atoms. The van der Waals surface area contributed by atoms with E-state index < -0.39 is 0 Å². The van der Waals surface area contributed by atoms with E-state index in [1.807, 2.05) is 13.0 Å². The van der Waals surface area contributed by atoms with Crippen molar-refractivity contribution in [2.45, 2.75) is 20.0 Å². The molecule has 0 aliphatic heterocycles. The van der Waals surface area contributed by atoms with Crippen molar-refractivity contribution in [3.8, 4) is 5.88 Å². The molecule has 0 amide bonds. The van der Waals surface area contributed by atoms with Crippen LogP contribution >= 0.6 is 0 Å². The second-order valence-corrected chi connectivity index (χ2v) is 4.26. The molecule has 2 rings (SSSR count). The third-order valence-corrected chi connectivity index (χ3v) is 2.79. The van der Waals surface area contributed by atoms with Gasteiger partial charge in [-0.2, -0.15) is 4.98 Å². The summed E-state index contributed by atoms with van der Waals surface area (Å²) in [5.74, 6) is 1.36. The fourth-order valence-corrected chi connectivity index (χ4v) is 1.81. The van der Waals surface area contributed by atoms with Crippen molar-refractivity contribution in [1.29, 1.82) is 5.41 Å². The first-order chi connectivity index (χ1) is 9.52. The number of aromatic nitrogens is 3. The molecule has 2 aromatic heterocycles. The van der Waals surface area contributed by atoms with Gasteiger partial charge in [-0.15, -0.1) is 0 Å². The van der Waals surface area contributed by atoms with Crippen molar-refractivity contribution in [2.24, 2.45) is 0 Å². The number of anilines is 2. The fraction of sp³-hybridized carbons (Fsp3) is 0.231. The van der Waals surface area contributed by atoms with Gasteiger partial charge >= 0.3 is 0 Å². The lowest BCUT2D eigenvalue weighted by Crippen LogP contribution is -2.12. The van der Waals surface area contributed by atoms with Crippen LogP contribution in [-0.2, 0) is 0 Å². The van der Waals surface area contributed by atoms with Crippen LogP contribution in [0.1, 0.15) is 30.0 Å². The van der Waals surface area contributed by atoms with Gasteiger partial charge in [0.25, 0.3) is 0 Å². The van der Waals surface area contributed by atoms with Crippen LogP contribution in [0.5, 0.6) is 5.88 Å². The Balaban J connectivity index is 2.35. The monoisotopic (exact) mass is 272 g/mol. The number of hydrogen-bond donors (Lipinski definition) is 3. The first-order valence-corrected chi connectivity index (χ1v) is 6.04. The van der Waals surface area contributed by atoms with Gasteiger partial charge in [0.15, 0.2) is 0 Å². The predicted octanol–water partition coefficient (Wildman–Crippen LogP) is 1.48. The molecule has 0 radical (unpaired) electrons. The number of hydrogen-bond acceptors (Lipinski definition) is 7. The molecule has 2 heterocycles. The average molecular weight is 272 g/mol. The molecule has 0 saturated carbocycles. The number of nitrogens with one attached hydrogen (secondary N) is 1. The maximum atomic E-state index is 7.38. The highest BCUT2D eigenvalue weighted by Crippen LogP contribution is 2.26. The van der Waals surface area contributed by atoms with Gasteiger partial charge in [0.2, 0.25) is 5.88 Å². The maximum Gasteiger partial charge on any atom is 0.228 e. The number of nitrogens with zero attached hydrogens (tertiary/aromatic N) is 3. The summed E-state index contributed by atoms with van der Waals surface area (Å²) in [6.45, 7) is 3.54. The second-order valence-electron chi connectivity index (χ2n) is 4.26. The normalized spacial score (nSPS) is 11.9. The van der Waals surface area contributed by atoms with E-state index in [4.69, 9.17) is 21.6 Å². The third-order valence-electron chi connectivity index (χ3n) is 2.79. The van der Waals surface area contributed by atoms with Crippen molar-refractivity contribution in [3.63, 3.8) is 0 Å². The van der Waals surface area contributed by atoms with Crippen molar-refractivity contribution in [2.75, 3.05) is 11.5 Å². The minimum atomic E-state index is -0.365. The summed E-state index contributed by atoms with van der Waals surface area (Å²) < 4.78 is 5.76. The molecule has 20 heavy (non-hydrogen) atoms. The Morgan fingerprint density at radius 1 is 1.30 bits per heavy atom. The lowest BCUT2D eigenvalue weighted by atomic mass is 10.1. The van der Waals surface area contributed by atoms with E-state index >= 15 is 0 Å². The molecule has 1 atom stereocenters. The number of rotatable bonds is 4. The highest BCUT2D eigenvalue weighted by atomic mass is 16.5. The predicted molar refractivity (Wildman–Crippen MR) is 76.8 cm³/mol. The van der Waals surface area contributed by atoms with E-state index in [1.165, 1.54) is 0 Å². The van der Waals surface area contributed by atoms with E-state index in [0.717, 1.165) is 11.8 Å². The second kappa shape index (κ2) is 5.52. The van der Waals surface area contributed by atoms with Crippen LogP contribution in [0.25, 0.3) is 0 Å². The lowest BCUT2D eigenvalue weighted by Gasteiger charge is -2.17. The summed E-state index contributed by atoms with van der Waals surface area (Å²) in [5.41, 5.74) is 12.7. The molecule has 0 aliphatic carbocycles. The Bertz CT molecular complexity index is 643. The zero-order chi connectivity index (χ0) is 14.7. The largest absolute Gasteiger partial charge is 0.469 e. The fourth-order valence-electron chi connectivity index (χ4n) is 1.81. The topological polar surface area (TPSA) is 124 Å². The standard InChI is InChI=1S/C13H16N6O/c1-7(9-4-3-5-17-11(9)15)20-13-10(6-14)12(16)18-8(2)19-13/h3-7,14H,1-2H3,(H2,15,17)(H2,16,18,19)/t7-/m0/s1. The average Bonchev–Trinajstić information content (AvgIpc) is 2.38. The molecular weight excluding hydrogens is 256 g/mol. The summed E-state index contributed by atoms with van der Waals surface area (Å²) in [4.78, 5) is 12.2. The van der Waals surface area contributed by atoms with Gasteiger partial charge in [0.1, 0.15) is 23.6 Å². The summed E-state index contributed by atoms with van der Waals surface area (Å²) >= 11 is 0. The number of ether oxygens (including phenoxy) is 1. The van der Waals surface area contributed by atoms with E-state index in [9.17, 15) is 0 Å². The quantitative estimate of drug-likeness (QED) is 0.724. The van der Waals surface area contributed by atoms with Crippen LogP contribution in [0.4, 0.5) is 11.6 Å². The molecule has 2 aromatic rings. The lowest BCUT2D eigenvalue weighted by molar-refractivity contribution is 0.217. The number of aryl methyl sites for hydroxylation is 1. The van der Waals surface area contributed by atoms with Gasteiger partial charge in [0, 0.05) is 18.0 Å².